The maximum Gasteiger partial charge on any atom is 0.223 e. The van der Waals surface area contributed by atoms with E-state index in [1.165, 1.54) is 6.92 Å². The van der Waals surface area contributed by atoms with Gasteiger partial charge in [-0.3, -0.25) is 9.59 Å². The predicted molar refractivity (Wildman–Crippen MR) is 82.9 cm³/mol. The van der Waals surface area contributed by atoms with Gasteiger partial charge in [0.15, 0.2) is 0 Å². The number of carbonyl (C=O) groups is 2. The molecule has 1 aromatic carbocycles. The Morgan fingerprint density at radius 1 is 1.19 bits per heavy atom. The average Bonchev–Trinajstić information content (AvgIpc) is 2.98. The van der Waals surface area contributed by atoms with E-state index in [0.29, 0.717) is 19.5 Å². The molecule has 2 amide bonds. The number of carbonyl (C=O) groups excluding carboxylic acids is 2. The largest absolute Gasteiger partial charge is 0.343 e. The summed E-state index contributed by atoms with van der Waals surface area (Å²) < 4.78 is 0. The molecule has 0 aliphatic carbocycles. The Bertz CT molecular complexity index is 496. The molecule has 0 atom stereocenters. The van der Waals surface area contributed by atoms with E-state index >= 15 is 0 Å². The second kappa shape index (κ2) is 7.78. The van der Waals surface area contributed by atoms with Gasteiger partial charge < -0.3 is 15.5 Å². The quantitative estimate of drug-likeness (QED) is 0.784. The Balaban J connectivity index is 1.75. The van der Waals surface area contributed by atoms with Crippen LogP contribution in [0.15, 0.2) is 24.3 Å². The highest BCUT2D eigenvalue weighted by Crippen LogP contribution is 2.14. The van der Waals surface area contributed by atoms with E-state index in [4.69, 9.17) is 0 Å². The van der Waals surface area contributed by atoms with Gasteiger partial charge in [-0.05, 0) is 24.5 Å². The molecule has 114 valence electrons. The molecule has 2 N–H and O–H groups in total. The summed E-state index contributed by atoms with van der Waals surface area (Å²) in [7, 11) is 0. The minimum atomic E-state index is -0.0772. The molecular formula is C16H23N3O2. The van der Waals surface area contributed by atoms with Gasteiger partial charge in [0.25, 0.3) is 0 Å². The molecule has 0 aromatic heterocycles. The minimum absolute atomic E-state index is 0.0772. The van der Waals surface area contributed by atoms with Crippen LogP contribution in [0.1, 0.15) is 31.7 Å². The smallest absolute Gasteiger partial charge is 0.223 e. The zero-order chi connectivity index (χ0) is 15.1. The monoisotopic (exact) mass is 289 g/mol. The van der Waals surface area contributed by atoms with Crippen LogP contribution < -0.4 is 10.6 Å². The molecule has 1 heterocycles. The van der Waals surface area contributed by atoms with Crippen molar-refractivity contribution in [3.63, 3.8) is 0 Å². The zero-order valence-corrected chi connectivity index (χ0v) is 12.5. The van der Waals surface area contributed by atoms with Gasteiger partial charge in [-0.1, -0.05) is 18.2 Å². The van der Waals surface area contributed by atoms with Crippen LogP contribution in [0.2, 0.25) is 0 Å². The van der Waals surface area contributed by atoms with Gasteiger partial charge in [0.2, 0.25) is 11.8 Å². The van der Waals surface area contributed by atoms with Crippen LogP contribution in [0.3, 0.4) is 0 Å². The molecule has 1 aliphatic rings. The maximum atomic E-state index is 11.9. The Hall–Kier alpha value is -1.88. The van der Waals surface area contributed by atoms with Crippen molar-refractivity contribution >= 4 is 17.5 Å². The van der Waals surface area contributed by atoms with Crippen molar-refractivity contribution in [3.8, 4) is 0 Å². The van der Waals surface area contributed by atoms with Crippen molar-refractivity contribution in [3.05, 3.63) is 29.8 Å². The SMILES string of the molecule is CC(=O)Nc1ccccc1CNCCC(=O)N1CCCC1. The van der Waals surface area contributed by atoms with E-state index in [-0.39, 0.29) is 11.8 Å². The highest BCUT2D eigenvalue weighted by Gasteiger charge is 2.16. The Morgan fingerprint density at radius 2 is 1.90 bits per heavy atom. The zero-order valence-electron chi connectivity index (χ0n) is 12.5. The lowest BCUT2D eigenvalue weighted by Crippen LogP contribution is -2.30. The summed E-state index contributed by atoms with van der Waals surface area (Å²) in [6.45, 7) is 4.61. The van der Waals surface area contributed by atoms with Crippen molar-refractivity contribution in [2.24, 2.45) is 0 Å². The van der Waals surface area contributed by atoms with Crippen molar-refractivity contribution < 1.29 is 9.59 Å². The lowest BCUT2D eigenvalue weighted by atomic mass is 10.1. The molecule has 5 nitrogen and oxygen atoms in total. The van der Waals surface area contributed by atoms with Gasteiger partial charge in [-0.2, -0.15) is 0 Å². The van der Waals surface area contributed by atoms with Gasteiger partial charge in [0.05, 0.1) is 0 Å². The molecule has 5 heteroatoms. The first-order valence-electron chi connectivity index (χ1n) is 7.51. The molecule has 1 aromatic rings. The summed E-state index contributed by atoms with van der Waals surface area (Å²) in [5.41, 5.74) is 1.85. The Kier molecular flexibility index (Phi) is 5.75. The van der Waals surface area contributed by atoms with E-state index in [2.05, 4.69) is 10.6 Å². The number of para-hydroxylation sites is 1. The predicted octanol–water partition coefficient (Wildman–Crippen LogP) is 1.75. The first-order valence-corrected chi connectivity index (χ1v) is 7.51. The third-order valence-electron chi connectivity index (χ3n) is 3.62. The molecule has 1 aliphatic heterocycles. The van der Waals surface area contributed by atoms with Crippen molar-refractivity contribution in [2.75, 3.05) is 25.0 Å². The van der Waals surface area contributed by atoms with E-state index in [0.717, 1.165) is 37.2 Å². The Morgan fingerprint density at radius 3 is 2.62 bits per heavy atom. The van der Waals surface area contributed by atoms with Crippen molar-refractivity contribution in [1.29, 1.82) is 0 Å². The number of hydrogen-bond donors (Lipinski definition) is 2. The number of likely N-dealkylation sites (tertiary alicyclic amines) is 1. The summed E-state index contributed by atoms with van der Waals surface area (Å²) in [6, 6.07) is 7.69. The summed E-state index contributed by atoms with van der Waals surface area (Å²) in [5, 5.41) is 6.08. The van der Waals surface area contributed by atoms with Crippen LogP contribution >= 0.6 is 0 Å². The molecular weight excluding hydrogens is 266 g/mol. The number of amides is 2. The number of hydrogen-bond acceptors (Lipinski definition) is 3. The molecule has 1 saturated heterocycles. The standard InChI is InChI=1S/C16H23N3O2/c1-13(20)18-15-7-3-2-6-14(15)12-17-9-8-16(21)19-10-4-5-11-19/h2-3,6-7,17H,4-5,8-12H2,1H3,(H,18,20). The van der Waals surface area contributed by atoms with Crippen LogP contribution in [0.4, 0.5) is 5.69 Å². The molecule has 21 heavy (non-hydrogen) atoms. The number of benzene rings is 1. The molecule has 1 fully saturated rings. The molecule has 0 unspecified atom stereocenters. The molecule has 0 saturated carbocycles. The number of rotatable bonds is 6. The molecule has 0 spiro atoms. The lowest BCUT2D eigenvalue weighted by molar-refractivity contribution is -0.130. The average molecular weight is 289 g/mol. The summed E-state index contributed by atoms with van der Waals surface area (Å²) in [4.78, 5) is 25.0. The van der Waals surface area contributed by atoms with E-state index < -0.39 is 0 Å². The third-order valence-corrected chi connectivity index (χ3v) is 3.62. The second-order valence-corrected chi connectivity index (χ2v) is 5.35. The van der Waals surface area contributed by atoms with Gasteiger partial charge in [-0.15, -0.1) is 0 Å². The second-order valence-electron chi connectivity index (χ2n) is 5.35. The van der Waals surface area contributed by atoms with Crippen molar-refractivity contribution in [2.45, 2.75) is 32.7 Å². The normalized spacial score (nSPS) is 14.2. The van der Waals surface area contributed by atoms with E-state index in [1.807, 2.05) is 29.2 Å². The van der Waals surface area contributed by atoms with Gasteiger partial charge in [0, 0.05) is 45.2 Å². The molecule has 0 radical (unpaired) electrons. The van der Waals surface area contributed by atoms with Crippen molar-refractivity contribution in [1.82, 2.24) is 10.2 Å². The van der Waals surface area contributed by atoms with Crippen LogP contribution in [0.25, 0.3) is 0 Å². The van der Waals surface area contributed by atoms with Crippen LogP contribution in [0.5, 0.6) is 0 Å². The summed E-state index contributed by atoms with van der Waals surface area (Å²) in [5.74, 6) is 0.154. The maximum absolute atomic E-state index is 11.9. The van der Waals surface area contributed by atoms with Gasteiger partial charge >= 0.3 is 0 Å². The highest BCUT2D eigenvalue weighted by atomic mass is 16.2. The summed E-state index contributed by atoms with van der Waals surface area (Å²) in [6.07, 6.45) is 2.79. The topological polar surface area (TPSA) is 61.4 Å². The number of nitrogens with one attached hydrogen (secondary N) is 2. The fourth-order valence-electron chi connectivity index (χ4n) is 2.53. The first-order chi connectivity index (χ1) is 10.2. The van der Waals surface area contributed by atoms with Crippen LogP contribution in [-0.4, -0.2) is 36.3 Å². The first kappa shape index (κ1) is 15.5. The lowest BCUT2D eigenvalue weighted by Gasteiger charge is -2.15. The van der Waals surface area contributed by atoms with Gasteiger partial charge in [-0.25, -0.2) is 0 Å². The van der Waals surface area contributed by atoms with Crippen LogP contribution in [0, 0.1) is 0 Å². The minimum Gasteiger partial charge on any atom is -0.343 e. The Labute approximate surface area is 125 Å². The highest BCUT2D eigenvalue weighted by molar-refractivity contribution is 5.89. The number of nitrogens with zero attached hydrogens (tertiary/aromatic N) is 1. The fraction of sp³-hybridized carbons (Fsp3) is 0.500. The van der Waals surface area contributed by atoms with E-state index in [1.54, 1.807) is 0 Å². The summed E-state index contributed by atoms with van der Waals surface area (Å²) >= 11 is 0. The van der Waals surface area contributed by atoms with Crippen LogP contribution in [-0.2, 0) is 16.1 Å². The molecule has 0 bridgehead atoms. The molecule has 2 rings (SSSR count). The van der Waals surface area contributed by atoms with Gasteiger partial charge in [0.1, 0.15) is 0 Å². The van der Waals surface area contributed by atoms with E-state index in [9.17, 15) is 9.59 Å². The number of anilines is 1. The fourth-order valence-corrected chi connectivity index (χ4v) is 2.53. The third kappa shape index (κ3) is 4.86.